The van der Waals surface area contributed by atoms with Crippen molar-refractivity contribution >= 4 is 67.8 Å². The van der Waals surface area contributed by atoms with Crippen molar-refractivity contribution in [1.29, 1.82) is 0 Å². The number of hydrogen-bond acceptors (Lipinski definition) is 7. The predicted octanol–water partition coefficient (Wildman–Crippen LogP) is 4.75. The van der Waals surface area contributed by atoms with Crippen molar-refractivity contribution in [2.75, 3.05) is 12.4 Å². The summed E-state index contributed by atoms with van der Waals surface area (Å²) in [6.45, 7) is 0. The molecule has 4 aliphatic heterocycles. The van der Waals surface area contributed by atoms with Crippen LogP contribution in [-0.4, -0.2) is 51.8 Å². The van der Waals surface area contributed by atoms with Gasteiger partial charge in [-0.1, -0.05) is 34.1 Å². The molecule has 0 spiro atoms. The Balaban J connectivity index is 1.29. The molecule has 240 valence electrons. The van der Waals surface area contributed by atoms with E-state index in [1.165, 1.54) is 6.08 Å². The molecule has 0 saturated carbocycles. The Hall–Kier alpha value is -5.71. The van der Waals surface area contributed by atoms with Crippen LogP contribution in [0, 0.1) is 0 Å². The molecule has 49 heavy (non-hydrogen) atoms. The smallest absolute Gasteiger partial charge is 0.248 e. The lowest BCUT2D eigenvalue weighted by molar-refractivity contribution is -0.118. The summed E-state index contributed by atoms with van der Waals surface area (Å²) in [5, 5.41) is 9.01. The summed E-state index contributed by atoms with van der Waals surface area (Å²) in [6.07, 6.45) is 16.8. The minimum absolute atomic E-state index is 0.252. The number of Topliss-reactive ketones (excluding diaryl/α,β-unsaturated/α-hetero) is 1. The van der Waals surface area contributed by atoms with Crippen LogP contribution in [0.2, 0.25) is 0 Å². The van der Waals surface area contributed by atoms with E-state index in [1.54, 1.807) is 19.4 Å². The van der Waals surface area contributed by atoms with Crippen LogP contribution in [0.4, 0.5) is 5.69 Å². The van der Waals surface area contributed by atoms with E-state index in [-0.39, 0.29) is 11.4 Å². The second kappa shape index (κ2) is 12.4. The third-order valence-corrected chi connectivity index (χ3v) is 9.27. The summed E-state index contributed by atoms with van der Waals surface area (Å²) in [7, 11) is 1.55. The number of ketones is 1. The maximum absolute atomic E-state index is 14.9. The van der Waals surface area contributed by atoms with E-state index in [0.717, 1.165) is 43.0 Å². The number of pyridine rings is 1. The third-order valence-electron chi connectivity index (χ3n) is 8.74. The molecule has 1 fully saturated rings. The normalized spacial score (nSPS) is 21.8. The van der Waals surface area contributed by atoms with Crippen LogP contribution in [0.25, 0.3) is 23.1 Å². The van der Waals surface area contributed by atoms with Gasteiger partial charge in [-0.15, -0.1) is 0 Å². The minimum atomic E-state index is -1.25. The highest BCUT2D eigenvalue weighted by molar-refractivity contribution is 9.10. The zero-order valence-corrected chi connectivity index (χ0v) is 27.9. The fourth-order valence-corrected chi connectivity index (χ4v) is 6.79. The number of anilines is 1. The number of aromatic amines is 1. The highest BCUT2D eigenvalue weighted by Crippen LogP contribution is 2.36. The van der Waals surface area contributed by atoms with Gasteiger partial charge in [0.2, 0.25) is 5.91 Å². The van der Waals surface area contributed by atoms with Crippen molar-refractivity contribution in [3.8, 4) is 0 Å². The molecule has 9 nitrogen and oxygen atoms in total. The van der Waals surface area contributed by atoms with Crippen LogP contribution in [0.15, 0.2) is 147 Å². The lowest BCUT2D eigenvalue weighted by Gasteiger charge is -2.26. The zero-order valence-electron chi connectivity index (χ0n) is 26.3. The number of carbonyl (C=O) groups is 2. The Morgan fingerprint density at radius 1 is 0.980 bits per heavy atom. The van der Waals surface area contributed by atoms with Crippen molar-refractivity contribution in [3.05, 3.63) is 153 Å². The maximum atomic E-state index is 14.9. The first-order chi connectivity index (χ1) is 23.8. The molecule has 2 aromatic heterocycles. The highest BCUT2D eigenvalue weighted by Gasteiger charge is 2.50. The number of carbonyl (C=O) groups excluding carboxylic acids is 2. The molecule has 3 N–H and O–H groups in total. The molecule has 6 heterocycles. The van der Waals surface area contributed by atoms with Crippen LogP contribution < -0.4 is 21.3 Å². The SMILES string of the molecule is COC1=C2C=CC(=N2)C=C2C=CC(=N2)C=c2ccc([nH]2)=CC2(Cc3ccc(Br)cc3)NC1/C(=C\C(=O)Nc1ccc3ncccc3c1)C2=O. The number of aliphatic imine (C=N–C) groups is 2. The number of nitrogens with one attached hydrogen (secondary N) is 3. The number of ether oxygens (including phenoxy) is 1. The standard InChI is InChI=1S/C39H29BrN6O3/c1-49-37-34-15-13-30(44-34)19-28-9-8-27(42-28)18-29-10-11-31(43-29)22-39(21-23-4-6-25(40)7-5-23)38(48)32(36(37)46-39)20-35(47)45-26-12-14-33-24(17-26)3-2-16-41-33/h2-20,22,36,43,46H,21H2,1H3,(H,45,47)/b28-19?,29-18?,31-22?,32-20+,37-34?. The second-order valence-corrected chi connectivity index (χ2v) is 13.0. The lowest BCUT2D eigenvalue weighted by Crippen LogP contribution is -2.49. The molecule has 8 rings (SSSR count). The fourth-order valence-electron chi connectivity index (χ4n) is 6.53. The van der Waals surface area contributed by atoms with Crippen LogP contribution in [0.1, 0.15) is 5.56 Å². The van der Waals surface area contributed by atoms with Gasteiger partial charge in [0.1, 0.15) is 17.0 Å². The van der Waals surface area contributed by atoms with Gasteiger partial charge in [0.15, 0.2) is 5.78 Å². The quantitative estimate of drug-likeness (QED) is 0.259. The number of allylic oxidation sites excluding steroid dienone is 5. The number of fused-ring (bicyclic) bond motifs is 7. The molecule has 2 atom stereocenters. The molecule has 8 bridgehead atoms. The van der Waals surface area contributed by atoms with Gasteiger partial charge in [-0.2, -0.15) is 0 Å². The number of methoxy groups -OCH3 is 1. The maximum Gasteiger partial charge on any atom is 0.248 e. The van der Waals surface area contributed by atoms with Gasteiger partial charge in [0.05, 0.1) is 35.8 Å². The van der Waals surface area contributed by atoms with Gasteiger partial charge in [0.25, 0.3) is 0 Å². The summed E-state index contributed by atoms with van der Waals surface area (Å²) >= 11 is 3.52. The monoisotopic (exact) mass is 708 g/mol. The Labute approximate surface area is 289 Å². The Kier molecular flexibility index (Phi) is 7.74. The molecule has 2 unspecified atom stereocenters. The molecular weight excluding hydrogens is 680 g/mol. The lowest BCUT2D eigenvalue weighted by atomic mass is 9.86. The van der Waals surface area contributed by atoms with E-state index in [4.69, 9.17) is 14.7 Å². The number of nitrogens with zero attached hydrogens (tertiary/aromatic N) is 3. The molecule has 4 aromatic rings. The largest absolute Gasteiger partial charge is 0.497 e. The number of hydrogen-bond donors (Lipinski definition) is 3. The Morgan fingerprint density at radius 2 is 1.80 bits per heavy atom. The highest BCUT2D eigenvalue weighted by atomic mass is 79.9. The Bertz CT molecular complexity index is 2410. The molecule has 0 aliphatic carbocycles. The fraction of sp³-hybridized carbons (Fsp3) is 0.103. The first kappa shape index (κ1) is 30.6. The van der Waals surface area contributed by atoms with Crippen molar-refractivity contribution in [2.45, 2.75) is 18.0 Å². The number of amides is 1. The van der Waals surface area contributed by atoms with Crippen molar-refractivity contribution < 1.29 is 14.3 Å². The van der Waals surface area contributed by atoms with E-state index in [2.05, 4.69) is 36.5 Å². The first-order valence-electron chi connectivity index (χ1n) is 15.7. The van der Waals surface area contributed by atoms with Crippen LogP contribution in [-0.2, 0) is 20.7 Å². The van der Waals surface area contributed by atoms with Gasteiger partial charge in [-0.3, -0.25) is 19.9 Å². The summed E-state index contributed by atoms with van der Waals surface area (Å²) in [6, 6.07) is 20.2. The number of aromatic nitrogens is 2. The average Bonchev–Trinajstić information content (AvgIpc) is 3.89. The average molecular weight is 710 g/mol. The molecule has 4 aliphatic rings. The summed E-state index contributed by atoms with van der Waals surface area (Å²) in [5.74, 6) is -0.283. The first-order valence-corrected chi connectivity index (χ1v) is 16.5. The van der Waals surface area contributed by atoms with Gasteiger partial charge < -0.3 is 15.0 Å². The van der Waals surface area contributed by atoms with Crippen molar-refractivity contribution in [1.82, 2.24) is 15.3 Å². The van der Waals surface area contributed by atoms with Crippen LogP contribution in [0.5, 0.6) is 0 Å². The van der Waals surface area contributed by atoms with E-state index < -0.39 is 17.5 Å². The number of H-pyrrole nitrogens is 1. The van der Waals surface area contributed by atoms with E-state index in [0.29, 0.717) is 29.3 Å². The minimum Gasteiger partial charge on any atom is -0.497 e. The van der Waals surface area contributed by atoms with Crippen LogP contribution >= 0.6 is 15.9 Å². The molecule has 0 radical (unpaired) electrons. The molecule has 2 aromatic carbocycles. The van der Waals surface area contributed by atoms with E-state index in [9.17, 15) is 9.59 Å². The van der Waals surface area contributed by atoms with Crippen molar-refractivity contribution in [3.63, 3.8) is 0 Å². The van der Waals surface area contributed by atoms with Crippen molar-refractivity contribution in [2.24, 2.45) is 9.98 Å². The Morgan fingerprint density at radius 3 is 2.65 bits per heavy atom. The second-order valence-electron chi connectivity index (χ2n) is 12.1. The summed E-state index contributed by atoms with van der Waals surface area (Å²) in [4.78, 5) is 46.0. The number of rotatable bonds is 5. The zero-order chi connectivity index (χ0) is 33.5. The van der Waals surface area contributed by atoms with Crippen LogP contribution in [0.3, 0.4) is 0 Å². The summed E-state index contributed by atoms with van der Waals surface area (Å²) < 4.78 is 6.95. The van der Waals surface area contributed by atoms with E-state index >= 15 is 0 Å². The van der Waals surface area contributed by atoms with Gasteiger partial charge in [0, 0.05) is 50.5 Å². The topological polar surface area (TPSA) is 121 Å². The van der Waals surface area contributed by atoms with Gasteiger partial charge >= 0.3 is 0 Å². The third kappa shape index (κ3) is 6.08. The van der Waals surface area contributed by atoms with Gasteiger partial charge in [-0.05, 0) is 96.6 Å². The van der Waals surface area contributed by atoms with E-state index in [1.807, 2.05) is 103 Å². The molecule has 1 amide bonds. The number of benzene rings is 2. The predicted molar refractivity (Wildman–Crippen MR) is 195 cm³/mol. The molecule has 1 saturated heterocycles. The van der Waals surface area contributed by atoms with Gasteiger partial charge in [-0.25, -0.2) is 9.98 Å². The number of halogens is 1. The summed E-state index contributed by atoms with van der Waals surface area (Å²) in [5.41, 5.74) is 4.12. The molecular formula is C39H29BrN6O3. The molecule has 10 heteroatoms.